The number of hydrogen-bond donors (Lipinski definition) is 1. The van der Waals surface area contributed by atoms with Crippen LogP contribution in [-0.2, 0) is 13.6 Å². The molecule has 0 unspecified atom stereocenters. The molecule has 0 radical (unpaired) electrons. The van der Waals surface area contributed by atoms with Gasteiger partial charge in [-0.15, -0.1) is 10.2 Å². The molecule has 1 saturated carbocycles. The standard InChI is InChI=1S/C16H23N7O/c1-4-6-13-10-23(21-18-13)9-12-7-5-8-14(12)17-16(24)15-11(2)22(3)20-19-15/h4,6,10,12,14H,5,7-9H2,1-3H3,(H,17,24)/b6-4+/t12-,14-/m0/s1. The molecule has 1 amide bonds. The van der Waals surface area contributed by atoms with Gasteiger partial charge in [0.1, 0.15) is 5.69 Å². The topological polar surface area (TPSA) is 90.5 Å². The van der Waals surface area contributed by atoms with Crippen LogP contribution < -0.4 is 5.32 Å². The first kappa shape index (κ1) is 16.4. The van der Waals surface area contributed by atoms with E-state index in [0.717, 1.165) is 37.2 Å². The minimum atomic E-state index is -0.148. The number of allylic oxidation sites excluding steroid dienone is 1. The molecule has 1 aliphatic rings. The highest BCUT2D eigenvalue weighted by Crippen LogP contribution is 2.27. The van der Waals surface area contributed by atoms with Crippen LogP contribution in [0, 0.1) is 12.8 Å². The van der Waals surface area contributed by atoms with E-state index in [1.807, 2.05) is 36.9 Å². The van der Waals surface area contributed by atoms with Gasteiger partial charge in [-0.2, -0.15) is 0 Å². The molecule has 8 nitrogen and oxygen atoms in total. The molecule has 8 heteroatoms. The number of carbonyl (C=O) groups excluding carboxylic acids is 1. The van der Waals surface area contributed by atoms with Crippen molar-refractivity contribution in [2.45, 2.75) is 45.7 Å². The van der Waals surface area contributed by atoms with E-state index in [9.17, 15) is 4.79 Å². The van der Waals surface area contributed by atoms with E-state index >= 15 is 0 Å². The van der Waals surface area contributed by atoms with E-state index in [0.29, 0.717) is 11.6 Å². The number of aromatic nitrogens is 6. The van der Waals surface area contributed by atoms with Gasteiger partial charge in [0, 0.05) is 19.6 Å². The van der Waals surface area contributed by atoms with Crippen LogP contribution in [0.5, 0.6) is 0 Å². The summed E-state index contributed by atoms with van der Waals surface area (Å²) in [6, 6.07) is 0.133. The predicted octanol–water partition coefficient (Wildman–Crippen LogP) is 1.35. The van der Waals surface area contributed by atoms with E-state index in [1.54, 1.807) is 11.7 Å². The molecule has 1 aliphatic carbocycles. The van der Waals surface area contributed by atoms with E-state index in [1.165, 1.54) is 0 Å². The van der Waals surface area contributed by atoms with Gasteiger partial charge in [0.15, 0.2) is 5.69 Å². The van der Waals surface area contributed by atoms with E-state index in [2.05, 4.69) is 25.9 Å². The Balaban J connectivity index is 1.64. The molecule has 3 rings (SSSR count). The molecular formula is C16H23N7O. The van der Waals surface area contributed by atoms with Crippen LogP contribution >= 0.6 is 0 Å². The fourth-order valence-electron chi connectivity index (χ4n) is 3.19. The molecule has 1 N–H and O–H groups in total. The zero-order valence-electron chi connectivity index (χ0n) is 14.3. The largest absolute Gasteiger partial charge is 0.348 e. The summed E-state index contributed by atoms with van der Waals surface area (Å²) in [6.07, 6.45) is 8.95. The molecule has 128 valence electrons. The summed E-state index contributed by atoms with van der Waals surface area (Å²) in [6.45, 7) is 4.56. The third-order valence-electron chi connectivity index (χ3n) is 4.61. The van der Waals surface area contributed by atoms with Crippen LogP contribution in [0.4, 0.5) is 0 Å². The number of rotatable bonds is 5. The van der Waals surface area contributed by atoms with Gasteiger partial charge >= 0.3 is 0 Å². The Morgan fingerprint density at radius 2 is 2.21 bits per heavy atom. The highest BCUT2D eigenvalue weighted by Gasteiger charge is 2.30. The quantitative estimate of drug-likeness (QED) is 0.894. The van der Waals surface area contributed by atoms with Crippen LogP contribution in [0.1, 0.15) is 48.1 Å². The van der Waals surface area contributed by atoms with Crippen LogP contribution in [0.3, 0.4) is 0 Å². The van der Waals surface area contributed by atoms with Crippen molar-refractivity contribution in [1.82, 2.24) is 35.3 Å². The zero-order valence-corrected chi connectivity index (χ0v) is 14.3. The summed E-state index contributed by atoms with van der Waals surface area (Å²) in [4.78, 5) is 12.5. The van der Waals surface area contributed by atoms with Crippen molar-refractivity contribution in [2.75, 3.05) is 0 Å². The van der Waals surface area contributed by atoms with Gasteiger partial charge in [0.25, 0.3) is 5.91 Å². The van der Waals surface area contributed by atoms with E-state index in [-0.39, 0.29) is 11.9 Å². The zero-order chi connectivity index (χ0) is 17.1. The van der Waals surface area contributed by atoms with Crippen molar-refractivity contribution < 1.29 is 4.79 Å². The number of hydrogen-bond acceptors (Lipinski definition) is 5. The molecule has 2 aromatic rings. The fraction of sp³-hybridized carbons (Fsp3) is 0.562. The fourth-order valence-corrected chi connectivity index (χ4v) is 3.19. The first-order valence-electron chi connectivity index (χ1n) is 8.28. The first-order chi connectivity index (χ1) is 11.6. The van der Waals surface area contributed by atoms with Crippen LogP contribution in [0.25, 0.3) is 6.08 Å². The molecule has 24 heavy (non-hydrogen) atoms. The third-order valence-corrected chi connectivity index (χ3v) is 4.61. The average Bonchev–Trinajstić information content (AvgIpc) is 3.25. The SMILES string of the molecule is C/C=C/c1cn(C[C@@H]2CCC[C@@H]2NC(=O)c2nnn(C)c2C)nn1. The summed E-state index contributed by atoms with van der Waals surface area (Å²) in [5, 5.41) is 19.3. The summed E-state index contributed by atoms with van der Waals surface area (Å²) in [7, 11) is 1.78. The predicted molar refractivity (Wildman–Crippen MR) is 89.1 cm³/mol. The van der Waals surface area contributed by atoms with Gasteiger partial charge in [0.05, 0.1) is 11.9 Å². The van der Waals surface area contributed by atoms with Gasteiger partial charge in [0.2, 0.25) is 0 Å². The van der Waals surface area contributed by atoms with Crippen LogP contribution in [-0.4, -0.2) is 41.9 Å². The van der Waals surface area contributed by atoms with Crippen molar-refractivity contribution in [2.24, 2.45) is 13.0 Å². The minimum absolute atomic E-state index is 0.133. The molecule has 2 aromatic heterocycles. The summed E-state index contributed by atoms with van der Waals surface area (Å²) in [5.41, 5.74) is 2.03. The molecule has 0 aromatic carbocycles. The molecular weight excluding hydrogens is 306 g/mol. The number of amides is 1. The number of nitrogens with one attached hydrogen (secondary N) is 1. The number of nitrogens with zero attached hydrogens (tertiary/aromatic N) is 6. The lowest BCUT2D eigenvalue weighted by Gasteiger charge is -2.20. The van der Waals surface area contributed by atoms with Crippen LogP contribution in [0.2, 0.25) is 0 Å². The maximum Gasteiger partial charge on any atom is 0.273 e. The van der Waals surface area contributed by atoms with E-state index in [4.69, 9.17) is 0 Å². The summed E-state index contributed by atoms with van der Waals surface area (Å²) < 4.78 is 3.47. The third kappa shape index (κ3) is 3.37. The Morgan fingerprint density at radius 1 is 1.38 bits per heavy atom. The maximum atomic E-state index is 12.5. The highest BCUT2D eigenvalue weighted by atomic mass is 16.2. The van der Waals surface area contributed by atoms with Gasteiger partial charge in [-0.05, 0) is 38.7 Å². The number of carbonyl (C=O) groups is 1. The lowest BCUT2D eigenvalue weighted by Crippen LogP contribution is -2.39. The average molecular weight is 329 g/mol. The van der Waals surface area contributed by atoms with Crippen molar-refractivity contribution in [3.63, 3.8) is 0 Å². The minimum Gasteiger partial charge on any atom is -0.348 e. The Bertz CT molecular complexity index is 745. The van der Waals surface area contributed by atoms with Gasteiger partial charge in [-0.25, -0.2) is 0 Å². The monoisotopic (exact) mass is 329 g/mol. The first-order valence-corrected chi connectivity index (χ1v) is 8.28. The Hall–Kier alpha value is -2.51. The van der Waals surface area contributed by atoms with Gasteiger partial charge in [-0.1, -0.05) is 22.9 Å². The molecule has 0 saturated heterocycles. The summed E-state index contributed by atoms with van der Waals surface area (Å²) >= 11 is 0. The number of aryl methyl sites for hydroxylation is 1. The molecule has 0 aliphatic heterocycles. The Labute approximate surface area is 140 Å². The lowest BCUT2D eigenvalue weighted by atomic mass is 10.0. The second kappa shape index (κ2) is 6.94. The highest BCUT2D eigenvalue weighted by molar-refractivity contribution is 5.93. The van der Waals surface area contributed by atoms with Crippen molar-refractivity contribution in [1.29, 1.82) is 0 Å². The smallest absolute Gasteiger partial charge is 0.273 e. The Kier molecular flexibility index (Phi) is 4.73. The maximum absolute atomic E-state index is 12.5. The second-order valence-corrected chi connectivity index (χ2v) is 6.28. The van der Waals surface area contributed by atoms with Crippen molar-refractivity contribution >= 4 is 12.0 Å². The Morgan fingerprint density at radius 3 is 2.92 bits per heavy atom. The molecule has 0 bridgehead atoms. The van der Waals surface area contributed by atoms with Crippen LogP contribution in [0.15, 0.2) is 12.3 Å². The normalized spacial score (nSPS) is 20.8. The molecule has 1 fully saturated rings. The second-order valence-electron chi connectivity index (χ2n) is 6.28. The summed E-state index contributed by atoms with van der Waals surface area (Å²) in [5.74, 6) is 0.205. The van der Waals surface area contributed by atoms with E-state index < -0.39 is 0 Å². The van der Waals surface area contributed by atoms with Crippen molar-refractivity contribution in [3.8, 4) is 0 Å². The van der Waals surface area contributed by atoms with Gasteiger partial charge < -0.3 is 5.32 Å². The van der Waals surface area contributed by atoms with Crippen molar-refractivity contribution in [3.05, 3.63) is 29.4 Å². The molecule has 2 atom stereocenters. The molecule has 0 spiro atoms. The van der Waals surface area contributed by atoms with Gasteiger partial charge in [-0.3, -0.25) is 14.2 Å². The molecule has 2 heterocycles. The lowest BCUT2D eigenvalue weighted by molar-refractivity contribution is 0.0919.